The standard InChI is InChI=1S/C18H29NO2/c1-3-4-5-6-7-8-9-15-10-12-16(13-11-15)14-17(19)18(20)21-2/h10-13,17H,3-9,14,19H2,1-2H3. The minimum Gasteiger partial charge on any atom is -0.468 e. The molecule has 0 radical (unpaired) electrons. The molecular weight excluding hydrogens is 262 g/mol. The molecule has 0 spiro atoms. The topological polar surface area (TPSA) is 52.3 Å². The zero-order valence-corrected chi connectivity index (χ0v) is 13.4. The van der Waals surface area contributed by atoms with E-state index in [1.165, 1.54) is 51.2 Å². The van der Waals surface area contributed by atoms with E-state index in [1.54, 1.807) is 0 Å². The Kier molecular flexibility index (Phi) is 8.76. The molecule has 0 aliphatic carbocycles. The van der Waals surface area contributed by atoms with Gasteiger partial charge in [-0.1, -0.05) is 63.3 Å². The Labute approximate surface area is 128 Å². The second-order valence-electron chi connectivity index (χ2n) is 5.67. The van der Waals surface area contributed by atoms with Gasteiger partial charge in [0.2, 0.25) is 0 Å². The molecule has 1 atom stereocenters. The molecule has 1 unspecified atom stereocenters. The number of carbonyl (C=O) groups is 1. The van der Waals surface area contributed by atoms with Crippen molar-refractivity contribution in [3.05, 3.63) is 35.4 Å². The Hall–Kier alpha value is -1.35. The van der Waals surface area contributed by atoms with E-state index in [0.29, 0.717) is 6.42 Å². The van der Waals surface area contributed by atoms with Gasteiger partial charge in [-0.2, -0.15) is 0 Å². The molecule has 21 heavy (non-hydrogen) atoms. The molecule has 0 aromatic heterocycles. The normalized spacial score (nSPS) is 12.1. The largest absolute Gasteiger partial charge is 0.468 e. The maximum absolute atomic E-state index is 11.3. The van der Waals surface area contributed by atoms with Crippen LogP contribution in [0.15, 0.2) is 24.3 Å². The summed E-state index contributed by atoms with van der Waals surface area (Å²) in [6.07, 6.45) is 9.60. The van der Waals surface area contributed by atoms with Gasteiger partial charge in [0, 0.05) is 0 Å². The molecule has 0 fully saturated rings. The Bertz CT molecular complexity index is 400. The number of aryl methyl sites for hydroxylation is 1. The quantitative estimate of drug-likeness (QED) is 0.529. The van der Waals surface area contributed by atoms with Crippen molar-refractivity contribution < 1.29 is 9.53 Å². The fourth-order valence-corrected chi connectivity index (χ4v) is 2.44. The first-order valence-corrected chi connectivity index (χ1v) is 8.08. The van der Waals surface area contributed by atoms with Crippen molar-refractivity contribution in [1.82, 2.24) is 0 Å². The summed E-state index contributed by atoms with van der Waals surface area (Å²) < 4.78 is 4.64. The highest BCUT2D eigenvalue weighted by molar-refractivity contribution is 5.75. The Balaban J connectivity index is 2.28. The lowest BCUT2D eigenvalue weighted by molar-refractivity contribution is -0.142. The monoisotopic (exact) mass is 291 g/mol. The maximum Gasteiger partial charge on any atom is 0.322 e. The lowest BCUT2D eigenvalue weighted by Gasteiger charge is -2.09. The van der Waals surface area contributed by atoms with Gasteiger partial charge in [-0.25, -0.2) is 0 Å². The fraction of sp³-hybridized carbons (Fsp3) is 0.611. The SMILES string of the molecule is CCCCCCCCc1ccc(CC(N)C(=O)OC)cc1. The van der Waals surface area contributed by atoms with Crippen molar-refractivity contribution >= 4 is 5.97 Å². The zero-order valence-electron chi connectivity index (χ0n) is 13.4. The lowest BCUT2D eigenvalue weighted by Crippen LogP contribution is -2.33. The minimum absolute atomic E-state index is 0.355. The number of methoxy groups -OCH3 is 1. The third-order valence-corrected chi connectivity index (χ3v) is 3.80. The van der Waals surface area contributed by atoms with Gasteiger partial charge in [0.25, 0.3) is 0 Å². The highest BCUT2D eigenvalue weighted by Crippen LogP contribution is 2.12. The van der Waals surface area contributed by atoms with E-state index in [2.05, 4.69) is 35.9 Å². The summed E-state index contributed by atoms with van der Waals surface area (Å²) >= 11 is 0. The van der Waals surface area contributed by atoms with Gasteiger partial charge < -0.3 is 10.5 Å². The number of hydrogen-bond acceptors (Lipinski definition) is 3. The van der Waals surface area contributed by atoms with Crippen LogP contribution in [0.2, 0.25) is 0 Å². The molecule has 2 N–H and O–H groups in total. The number of rotatable bonds is 10. The lowest BCUT2D eigenvalue weighted by atomic mass is 10.0. The molecule has 0 amide bonds. The number of benzene rings is 1. The Morgan fingerprint density at radius 3 is 2.24 bits per heavy atom. The fourth-order valence-electron chi connectivity index (χ4n) is 2.44. The van der Waals surface area contributed by atoms with Crippen LogP contribution in [-0.2, 0) is 22.4 Å². The van der Waals surface area contributed by atoms with Crippen LogP contribution in [0.25, 0.3) is 0 Å². The summed E-state index contributed by atoms with van der Waals surface area (Å²) in [5.74, 6) is -0.355. The van der Waals surface area contributed by atoms with E-state index in [9.17, 15) is 4.79 Å². The van der Waals surface area contributed by atoms with Gasteiger partial charge in [-0.15, -0.1) is 0 Å². The zero-order chi connectivity index (χ0) is 15.5. The van der Waals surface area contributed by atoms with Gasteiger partial charge in [-0.05, 0) is 30.4 Å². The number of unbranched alkanes of at least 4 members (excludes halogenated alkanes) is 5. The molecule has 0 bridgehead atoms. The van der Waals surface area contributed by atoms with Crippen LogP contribution < -0.4 is 5.73 Å². The molecular formula is C18H29NO2. The molecule has 0 saturated heterocycles. The summed E-state index contributed by atoms with van der Waals surface area (Å²) in [7, 11) is 1.37. The van der Waals surface area contributed by atoms with E-state index < -0.39 is 6.04 Å². The van der Waals surface area contributed by atoms with E-state index in [1.807, 2.05) is 0 Å². The average Bonchev–Trinajstić information content (AvgIpc) is 2.51. The number of ether oxygens (including phenoxy) is 1. The van der Waals surface area contributed by atoms with Crippen LogP contribution in [-0.4, -0.2) is 19.1 Å². The van der Waals surface area contributed by atoms with Crippen molar-refractivity contribution in [2.75, 3.05) is 7.11 Å². The minimum atomic E-state index is -0.570. The first kappa shape index (κ1) is 17.7. The summed E-state index contributed by atoms with van der Waals surface area (Å²) in [5.41, 5.74) is 8.21. The first-order chi connectivity index (χ1) is 10.2. The van der Waals surface area contributed by atoms with Crippen molar-refractivity contribution in [2.45, 2.75) is 64.3 Å². The van der Waals surface area contributed by atoms with Crippen LogP contribution in [0.3, 0.4) is 0 Å². The van der Waals surface area contributed by atoms with E-state index >= 15 is 0 Å². The highest BCUT2D eigenvalue weighted by atomic mass is 16.5. The molecule has 0 aliphatic heterocycles. The third-order valence-electron chi connectivity index (χ3n) is 3.80. The molecule has 1 rings (SSSR count). The Morgan fingerprint density at radius 1 is 1.05 bits per heavy atom. The second kappa shape index (κ2) is 10.4. The number of nitrogens with two attached hydrogens (primary N) is 1. The van der Waals surface area contributed by atoms with Gasteiger partial charge >= 0.3 is 5.97 Å². The van der Waals surface area contributed by atoms with Crippen LogP contribution >= 0.6 is 0 Å². The summed E-state index contributed by atoms with van der Waals surface area (Å²) in [4.78, 5) is 11.3. The van der Waals surface area contributed by atoms with Gasteiger partial charge in [-0.3, -0.25) is 4.79 Å². The molecule has 1 aromatic carbocycles. The number of esters is 1. The van der Waals surface area contributed by atoms with Gasteiger partial charge in [0.15, 0.2) is 0 Å². The van der Waals surface area contributed by atoms with Crippen molar-refractivity contribution in [1.29, 1.82) is 0 Å². The molecule has 0 saturated carbocycles. The molecule has 0 heterocycles. The molecule has 3 nitrogen and oxygen atoms in total. The summed E-state index contributed by atoms with van der Waals surface area (Å²) in [6, 6.07) is 7.85. The molecule has 118 valence electrons. The molecule has 0 aliphatic rings. The van der Waals surface area contributed by atoms with E-state index in [4.69, 9.17) is 5.73 Å². The van der Waals surface area contributed by atoms with Crippen molar-refractivity contribution in [2.24, 2.45) is 5.73 Å². The maximum atomic E-state index is 11.3. The van der Waals surface area contributed by atoms with Gasteiger partial charge in [0.1, 0.15) is 6.04 Å². The van der Waals surface area contributed by atoms with Crippen molar-refractivity contribution in [3.63, 3.8) is 0 Å². The number of carbonyl (C=O) groups excluding carboxylic acids is 1. The summed E-state index contributed by atoms with van der Waals surface area (Å²) in [6.45, 7) is 2.24. The van der Waals surface area contributed by atoms with E-state index in [0.717, 1.165) is 12.0 Å². The predicted molar refractivity (Wildman–Crippen MR) is 87.2 cm³/mol. The van der Waals surface area contributed by atoms with Crippen LogP contribution in [0.1, 0.15) is 56.6 Å². The van der Waals surface area contributed by atoms with Crippen LogP contribution in [0.5, 0.6) is 0 Å². The third kappa shape index (κ3) is 7.28. The first-order valence-electron chi connectivity index (χ1n) is 8.08. The summed E-state index contributed by atoms with van der Waals surface area (Å²) in [5, 5.41) is 0. The van der Waals surface area contributed by atoms with Gasteiger partial charge in [0.05, 0.1) is 7.11 Å². The van der Waals surface area contributed by atoms with E-state index in [-0.39, 0.29) is 5.97 Å². The Morgan fingerprint density at radius 2 is 1.62 bits per heavy atom. The van der Waals surface area contributed by atoms with Crippen molar-refractivity contribution in [3.8, 4) is 0 Å². The average molecular weight is 291 g/mol. The second-order valence-corrected chi connectivity index (χ2v) is 5.67. The molecule has 1 aromatic rings. The van der Waals surface area contributed by atoms with Crippen LogP contribution in [0, 0.1) is 0 Å². The molecule has 3 heteroatoms. The van der Waals surface area contributed by atoms with Crippen LogP contribution in [0.4, 0.5) is 0 Å². The highest BCUT2D eigenvalue weighted by Gasteiger charge is 2.13. The predicted octanol–water partition coefficient (Wildman–Crippen LogP) is 3.63. The smallest absolute Gasteiger partial charge is 0.322 e. The number of hydrogen-bond donors (Lipinski definition) is 1.